The zero-order valence-corrected chi connectivity index (χ0v) is 19.5. The van der Waals surface area contributed by atoms with E-state index in [0.29, 0.717) is 78.5 Å². The predicted octanol–water partition coefficient (Wildman–Crippen LogP) is 1.87. The molecule has 1 rings (SSSR count). The minimum atomic E-state index is 0.129. The van der Waals surface area contributed by atoms with Crippen molar-refractivity contribution in [3.8, 4) is 0 Å². The smallest absolute Gasteiger partial charge is 0.0852 e. The van der Waals surface area contributed by atoms with Crippen LogP contribution in [-0.2, 0) is 30.2 Å². The first kappa shape index (κ1) is 26.9. The molecular formula is C21H42N4O5. The van der Waals surface area contributed by atoms with E-state index in [1.807, 2.05) is 10.9 Å². The van der Waals surface area contributed by atoms with Crippen molar-refractivity contribution >= 4 is 0 Å². The largest absolute Gasteiger partial charge is 0.378 e. The maximum atomic E-state index is 5.54. The van der Waals surface area contributed by atoms with Gasteiger partial charge in [0.1, 0.15) is 0 Å². The highest BCUT2D eigenvalue weighted by atomic mass is 16.6. The maximum absolute atomic E-state index is 5.54. The Kier molecular flexibility index (Phi) is 14.9. The minimum Gasteiger partial charge on any atom is -0.378 e. The van der Waals surface area contributed by atoms with Crippen molar-refractivity contribution in [1.29, 1.82) is 0 Å². The van der Waals surface area contributed by atoms with E-state index in [9.17, 15) is 0 Å². The van der Waals surface area contributed by atoms with E-state index < -0.39 is 0 Å². The van der Waals surface area contributed by atoms with Crippen molar-refractivity contribution < 1.29 is 23.7 Å². The highest BCUT2D eigenvalue weighted by molar-refractivity contribution is 4.97. The van der Waals surface area contributed by atoms with E-state index in [0.717, 1.165) is 12.2 Å². The molecule has 9 heteroatoms. The standard InChI is InChI=1S/C21H42N4O5/c1-19(2)20-18-25(24-23-20)7-9-27-11-13-29-15-17-30-16-14-28-12-10-26-8-6-22-21(3,4)5/h18-19,22H,6-17H2,1-5H3. The van der Waals surface area contributed by atoms with E-state index in [4.69, 9.17) is 23.7 Å². The van der Waals surface area contributed by atoms with Gasteiger partial charge in [-0.25, -0.2) is 4.68 Å². The topological polar surface area (TPSA) is 88.9 Å². The molecule has 1 N–H and O–H groups in total. The molecule has 176 valence electrons. The fourth-order valence-corrected chi connectivity index (χ4v) is 2.33. The predicted molar refractivity (Wildman–Crippen MR) is 116 cm³/mol. The third-order valence-corrected chi connectivity index (χ3v) is 4.00. The second-order valence-electron chi connectivity index (χ2n) is 8.30. The van der Waals surface area contributed by atoms with Crippen LogP contribution < -0.4 is 5.32 Å². The zero-order valence-electron chi connectivity index (χ0n) is 19.5. The van der Waals surface area contributed by atoms with Gasteiger partial charge < -0.3 is 29.0 Å². The molecule has 1 heterocycles. The Labute approximate surface area is 181 Å². The van der Waals surface area contributed by atoms with Crippen molar-refractivity contribution in [2.24, 2.45) is 0 Å². The van der Waals surface area contributed by atoms with Crippen molar-refractivity contribution in [2.45, 2.75) is 52.6 Å². The second-order valence-corrected chi connectivity index (χ2v) is 8.30. The lowest BCUT2D eigenvalue weighted by atomic mass is 10.1. The molecular weight excluding hydrogens is 388 g/mol. The van der Waals surface area contributed by atoms with Gasteiger partial charge in [-0.15, -0.1) is 5.10 Å². The number of hydrogen-bond donors (Lipinski definition) is 1. The minimum absolute atomic E-state index is 0.129. The molecule has 0 saturated heterocycles. The quantitative estimate of drug-likeness (QED) is 0.333. The lowest BCUT2D eigenvalue weighted by Gasteiger charge is -2.20. The Hall–Kier alpha value is -1.10. The Morgan fingerprint density at radius 2 is 1.27 bits per heavy atom. The van der Waals surface area contributed by atoms with E-state index in [2.05, 4.69) is 50.2 Å². The first-order valence-corrected chi connectivity index (χ1v) is 10.9. The van der Waals surface area contributed by atoms with Gasteiger partial charge in [-0.05, 0) is 26.7 Å². The third-order valence-electron chi connectivity index (χ3n) is 4.00. The van der Waals surface area contributed by atoms with Gasteiger partial charge in [-0.1, -0.05) is 19.1 Å². The third kappa shape index (κ3) is 15.7. The summed E-state index contributed by atoms with van der Waals surface area (Å²) >= 11 is 0. The van der Waals surface area contributed by atoms with E-state index >= 15 is 0 Å². The summed E-state index contributed by atoms with van der Waals surface area (Å²) in [6, 6.07) is 0. The molecule has 0 radical (unpaired) electrons. The summed E-state index contributed by atoms with van der Waals surface area (Å²) in [6.07, 6.45) is 1.96. The van der Waals surface area contributed by atoms with Crippen LogP contribution >= 0.6 is 0 Å². The molecule has 0 aliphatic carbocycles. The van der Waals surface area contributed by atoms with Crippen LogP contribution in [0.2, 0.25) is 0 Å². The summed E-state index contributed by atoms with van der Waals surface area (Å²) in [5, 5.41) is 11.6. The number of nitrogens with zero attached hydrogens (tertiary/aromatic N) is 3. The van der Waals surface area contributed by atoms with E-state index in [1.54, 1.807) is 0 Å². The van der Waals surface area contributed by atoms with Gasteiger partial charge in [-0.2, -0.15) is 0 Å². The number of nitrogens with one attached hydrogen (secondary N) is 1. The lowest BCUT2D eigenvalue weighted by molar-refractivity contribution is -0.0115. The van der Waals surface area contributed by atoms with E-state index in [1.165, 1.54) is 0 Å². The van der Waals surface area contributed by atoms with Crippen molar-refractivity contribution in [3.05, 3.63) is 11.9 Å². The highest BCUT2D eigenvalue weighted by Crippen LogP contribution is 2.08. The summed E-state index contributed by atoms with van der Waals surface area (Å²) in [4.78, 5) is 0. The maximum Gasteiger partial charge on any atom is 0.0852 e. The Morgan fingerprint density at radius 3 is 1.70 bits per heavy atom. The van der Waals surface area contributed by atoms with Crippen LogP contribution in [0, 0.1) is 0 Å². The average molecular weight is 431 g/mol. The molecule has 1 aromatic rings. The monoisotopic (exact) mass is 430 g/mol. The summed E-state index contributed by atoms with van der Waals surface area (Å²) in [6.45, 7) is 18.0. The molecule has 0 atom stereocenters. The Morgan fingerprint density at radius 1 is 0.800 bits per heavy atom. The molecule has 0 saturated carbocycles. The van der Waals surface area contributed by atoms with Crippen LogP contribution in [0.4, 0.5) is 0 Å². The van der Waals surface area contributed by atoms with Gasteiger partial charge in [0.05, 0.1) is 78.3 Å². The molecule has 0 aromatic carbocycles. The van der Waals surface area contributed by atoms with Crippen LogP contribution in [0.25, 0.3) is 0 Å². The van der Waals surface area contributed by atoms with Crippen molar-refractivity contribution in [1.82, 2.24) is 20.3 Å². The molecule has 0 fully saturated rings. The van der Waals surface area contributed by atoms with E-state index in [-0.39, 0.29) is 5.54 Å². The molecule has 30 heavy (non-hydrogen) atoms. The summed E-state index contributed by atoms with van der Waals surface area (Å²) in [5.74, 6) is 0.391. The zero-order chi connectivity index (χ0) is 22.1. The van der Waals surface area contributed by atoms with Crippen molar-refractivity contribution in [2.75, 3.05) is 72.6 Å². The molecule has 9 nitrogen and oxygen atoms in total. The molecule has 0 aliphatic rings. The lowest BCUT2D eigenvalue weighted by Crippen LogP contribution is -2.38. The number of ether oxygens (including phenoxy) is 5. The fraction of sp³-hybridized carbons (Fsp3) is 0.905. The van der Waals surface area contributed by atoms with Crippen LogP contribution in [-0.4, -0.2) is 93.1 Å². The van der Waals surface area contributed by atoms with Crippen LogP contribution in [0.1, 0.15) is 46.2 Å². The summed E-state index contributed by atoms with van der Waals surface area (Å²) in [7, 11) is 0. The van der Waals surface area contributed by atoms with Crippen LogP contribution in [0.3, 0.4) is 0 Å². The number of aromatic nitrogens is 3. The molecule has 0 unspecified atom stereocenters. The number of hydrogen-bond acceptors (Lipinski definition) is 8. The van der Waals surface area contributed by atoms with Crippen LogP contribution in [0.5, 0.6) is 0 Å². The summed E-state index contributed by atoms with van der Waals surface area (Å²) < 4.78 is 29.2. The SMILES string of the molecule is CC(C)c1cn(CCOCCOCCOCCOCCOCCNC(C)(C)C)nn1. The fourth-order valence-electron chi connectivity index (χ4n) is 2.33. The van der Waals surface area contributed by atoms with Gasteiger partial charge in [0.2, 0.25) is 0 Å². The van der Waals surface area contributed by atoms with Gasteiger partial charge in [0.15, 0.2) is 0 Å². The molecule has 0 amide bonds. The van der Waals surface area contributed by atoms with Gasteiger partial charge in [0.25, 0.3) is 0 Å². The molecule has 0 spiro atoms. The first-order chi connectivity index (χ1) is 14.4. The Balaban J connectivity index is 1.74. The van der Waals surface area contributed by atoms with Gasteiger partial charge >= 0.3 is 0 Å². The normalized spacial score (nSPS) is 12.2. The average Bonchev–Trinajstić information content (AvgIpc) is 3.15. The molecule has 0 bridgehead atoms. The van der Waals surface area contributed by atoms with Gasteiger partial charge in [-0.3, -0.25) is 0 Å². The second kappa shape index (κ2) is 16.6. The Bertz CT molecular complexity index is 520. The molecule has 1 aromatic heterocycles. The van der Waals surface area contributed by atoms with Crippen molar-refractivity contribution in [3.63, 3.8) is 0 Å². The molecule has 0 aliphatic heterocycles. The van der Waals surface area contributed by atoms with Crippen LogP contribution in [0.15, 0.2) is 6.20 Å². The first-order valence-electron chi connectivity index (χ1n) is 10.9. The van der Waals surface area contributed by atoms with Gasteiger partial charge in [0, 0.05) is 18.3 Å². The highest BCUT2D eigenvalue weighted by Gasteiger charge is 2.07. The summed E-state index contributed by atoms with van der Waals surface area (Å²) in [5.41, 5.74) is 1.13. The number of rotatable bonds is 19.